The Balaban J connectivity index is 2.90. The summed E-state index contributed by atoms with van der Waals surface area (Å²) >= 11 is 0. The maximum atomic E-state index is 12.9. The average molecular weight is 150 g/mol. The summed E-state index contributed by atoms with van der Waals surface area (Å²) < 4.78 is 18.0. The van der Waals surface area contributed by atoms with Gasteiger partial charge in [0.2, 0.25) is 0 Å². The van der Waals surface area contributed by atoms with Gasteiger partial charge in [0.15, 0.2) is 11.4 Å². The zero-order valence-corrected chi connectivity index (χ0v) is 6.10. The minimum absolute atomic E-state index is 0.296. The van der Waals surface area contributed by atoms with E-state index in [1.165, 1.54) is 6.07 Å². The molecule has 0 saturated heterocycles. The van der Waals surface area contributed by atoms with Gasteiger partial charge < -0.3 is 4.42 Å². The molecule has 0 spiro atoms. The van der Waals surface area contributed by atoms with Gasteiger partial charge in [-0.25, -0.2) is 4.39 Å². The fourth-order valence-electron chi connectivity index (χ4n) is 1.16. The third-order valence-corrected chi connectivity index (χ3v) is 1.62. The van der Waals surface area contributed by atoms with Crippen molar-refractivity contribution in [3.8, 4) is 0 Å². The summed E-state index contributed by atoms with van der Waals surface area (Å²) in [5.74, 6) is 0.445. The smallest absolute Gasteiger partial charge is 0.169 e. The second-order valence-electron chi connectivity index (χ2n) is 2.52. The third-order valence-electron chi connectivity index (χ3n) is 1.62. The first kappa shape index (κ1) is 6.40. The van der Waals surface area contributed by atoms with E-state index in [2.05, 4.69) is 0 Å². The highest BCUT2D eigenvalue weighted by atomic mass is 19.1. The SMILES string of the molecule is Cc1cc2cccc(F)c2o1. The van der Waals surface area contributed by atoms with E-state index in [9.17, 15) is 4.39 Å². The minimum Gasteiger partial charge on any atom is -0.458 e. The third kappa shape index (κ3) is 0.909. The summed E-state index contributed by atoms with van der Waals surface area (Å²) in [6, 6.07) is 6.71. The molecule has 0 fully saturated rings. The Morgan fingerprint density at radius 2 is 2.18 bits per heavy atom. The van der Waals surface area contributed by atoms with Crippen molar-refractivity contribution in [3.05, 3.63) is 35.8 Å². The van der Waals surface area contributed by atoms with Crippen LogP contribution in [-0.4, -0.2) is 0 Å². The van der Waals surface area contributed by atoms with Gasteiger partial charge in [0.05, 0.1) is 0 Å². The normalized spacial score (nSPS) is 10.7. The van der Waals surface area contributed by atoms with E-state index in [-0.39, 0.29) is 5.82 Å². The maximum Gasteiger partial charge on any atom is 0.169 e. The second kappa shape index (κ2) is 2.09. The molecule has 0 aliphatic heterocycles. The van der Waals surface area contributed by atoms with Gasteiger partial charge in [0.25, 0.3) is 0 Å². The highest BCUT2D eigenvalue weighted by Gasteiger charge is 2.03. The van der Waals surface area contributed by atoms with Crippen LogP contribution in [0.5, 0.6) is 0 Å². The van der Waals surface area contributed by atoms with Gasteiger partial charge in [-0.2, -0.15) is 0 Å². The molecular formula is C9H7FO. The molecule has 0 saturated carbocycles. The van der Waals surface area contributed by atoms with Gasteiger partial charge in [0.1, 0.15) is 5.76 Å². The van der Waals surface area contributed by atoms with Crippen LogP contribution in [0.4, 0.5) is 4.39 Å². The minimum atomic E-state index is -0.296. The Bertz CT molecular complexity index is 389. The fourth-order valence-corrected chi connectivity index (χ4v) is 1.16. The molecule has 0 aliphatic rings. The molecule has 0 radical (unpaired) electrons. The first-order valence-electron chi connectivity index (χ1n) is 3.42. The van der Waals surface area contributed by atoms with Crippen molar-refractivity contribution < 1.29 is 8.81 Å². The van der Waals surface area contributed by atoms with Crippen molar-refractivity contribution in [3.63, 3.8) is 0 Å². The molecule has 1 aromatic carbocycles. The van der Waals surface area contributed by atoms with Crippen LogP contribution in [0.15, 0.2) is 28.7 Å². The maximum absolute atomic E-state index is 12.9. The Kier molecular flexibility index (Phi) is 1.22. The zero-order valence-electron chi connectivity index (χ0n) is 6.10. The summed E-state index contributed by atoms with van der Waals surface area (Å²) in [7, 11) is 0. The second-order valence-corrected chi connectivity index (χ2v) is 2.52. The van der Waals surface area contributed by atoms with Crippen molar-refractivity contribution >= 4 is 11.0 Å². The topological polar surface area (TPSA) is 13.1 Å². The Morgan fingerprint density at radius 1 is 1.36 bits per heavy atom. The van der Waals surface area contributed by atoms with Gasteiger partial charge in [0, 0.05) is 5.39 Å². The first-order chi connectivity index (χ1) is 5.27. The van der Waals surface area contributed by atoms with Gasteiger partial charge in [-0.15, -0.1) is 0 Å². The molecule has 11 heavy (non-hydrogen) atoms. The van der Waals surface area contributed by atoms with Gasteiger partial charge >= 0.3 is 0 Å². The Hall–Kier alpha value is -1.31. The molecule has 0 atom stereocenters. The average Bonchev–Trinajstić information content (AvgIpc) is 2.31. The van der Waals surface area contributed by atoms with E-state index in [1.807, 2.05) is 12.1 Å². The lowest BCUT2D eigenvalue weighted by atomic mass is 10.2. The Labute approximate surface area is 63.4 Å². The van der Waals surface area contributed by atoms with Crippen molar-refractivity contribution in [1.82, 2.24) is 0 Å². The van der Waals surface area contributed by atoms with Crippen molar-refractivity contribution in [1.29, 1.82) is 0 Å². The summed E-state index contributed by atoms with van der Waals surface area (Å²) in [5, 5.41) is 0.822. The zero-order chi connectivity index (χ0) is 7.84. The number of furan rings is 1. The van der Waals surface area contributed by atoms with Gasteiger partial charge in [-0.3, -0.25) is 0 Å². The van der Waals surface area contributed by atoms with Crippen LogP contribution < -0.4 is 0 Å². The number of halogens is 1. The highest BCUT2D eigenvalue weighted by Crippen LogP contribution is 2.20. The molecule has 1 nitrogen and oxygen atoms in total. The monoisotopic (exact) mass is 150 g/mol. The summed E-state index contributed by atoms with van der Waals surface area (Å²) in [6.45, 7) is 1.80. The van der Waals surface area contributed by atoms with Crippen molar-refractivity contribution in [2.24, 2.45) is 0 Å². The molecule has 0 N–H and O–H groups in total. The number of rotatable bonds is 0. The van der Waals surface area contributed by atoms with E-state index in [0.29, 0.717) is 5.58 Å². The van der Waals surface area contributed by atoms with E-state index < -0.39 is 0 Å². The molecule has 0 aliphatic carbocycles. The molecule has 1 heterocycles. The molecular weight excluding hydrogens is 143 g/mol. The van der Waals surface area contributed by atoms with Crippen molar-refractivity contribution in [2.75, 3.05) is 0 Å². The van der Waals surface area contributed by atoms with Gasteiger partial charge in [-0.1, -0.05) is 12.1 Å². The fraction of sp³-hybridized carbons (Fsp3) is 0.111. The highest BCUT2D eigenvalue weighted by molar-refractivity contribution is 5.78. The van der Waals surface area contributed by atoms with Crippen LogP contribution in [0, 0.1) is 12.7 Å². The molecule has 2 rings (SSSR count). The van der Waals surface area contributed by atoms with Crippen LogP contribution in [0.2, 0.25) is 0 Å². The quantitative estimate of drug-likeness (QED) is 0.562. The predicted octanol–water partition coefficient (Wildman–Crippen LogP) is 2.88. The molecule has 0 unspecified atom stereocenters. The lowest BCUT2D eigenvalue weighted by molar-refractivity contribution is 0.538. The Morgan fingerprint density at radius 3 is 2.91 bits per heavy atom. The molecule has 1 aromatic heterocycles. The van der Waals surface area contributed by atoms with Crippen LogP contribution in [0.25, 0.3) is 11.0 Å². The standard InChI is InChI=1S/C9H7FO/c1-6-5-7-3-2-4-8(10)9(7)11-6/h2-5H,1H3. The van der Waals surface area contributed by atoms with Crippen LogP contribution in [-0.2, 0) is 0 Å². The molecule has 0 amide bonds. The van der Waals surface area contributed by atoms with Gasteiger partial charge in [-0.05, 0) is 19.1 Å². The lowest BCUT2D eigenvalue weighted by Gasteiger charge is -1.87. The van der Waals surface area contributed by atoms with Crippen molar-refractivity contribution in [2.45, 2.75) is 6.92 Å². The van der Waals surface area contributed by atoms with E-state index in [4.69, 9.17) is 4.42 Å². The van der Waals surface area contributed by atoms with E-state index in [0.717, 1.165) is 11.1 Å². The van der Waals surface area contributed by atoms with Crippen LogP contribution in [0.3, 0.4) is 0 Å². The molecule has 56 valence electrons. The molecule has 2 aromatic rings. The number of benzene rings is 1. The number of fused-ring (bicyclic) bond motifs is 1. The molecule has 0 bridgehead atoms. The summed E-state index contributed by atoms with van der Waals surface area (Å²) in [5.41, 5.74) is 0.352. The van der Waals surface area contributed by atoms with E-state index in [1.54, 1.807) is 13.0 Å². The van der Waals surface area contributed by atoms with Crippen LogP contribution >= 0.6 is 0 Å². The summed E-state index contributed by atoms with van der Waals surface area (Å²) in [4.78, 5) is 0. The lowest BCUT2D eigenvalue weighted by Crippen LogP contribution is -1.70. The number of para-hydroxylation sites is 1. The predicted molar refractivity (Wildman–Crippen MR) is 40.9 cm³/mol. The van der Waals surface area contributed by atoms with E-state index >= 15 is 0 Å². The van der Waals surface area contributed by atoms with Crippen LogP contribution in [0.1, 0.15) is 5.76 Å². The number of aryl methyl sites for hydroxylation is 1. The summed E-state index contributed by atoms with van der Waals surface area (Å²) in [6.07, 6.45) is 0. The number of hydrogen-bond acceptors (Lipinski definition) is 1. The first-order valence-corrected chi connectivity index (χ1v) is 3.42. The largest absolute Gasteiger partial charge is 0.458 e. The number of hydrogen-bond donors (Lipinski definition) is 0. The molecule has 2 heteroatoms.